The monoisotopic (exact) mass is 1260 g/mol. The molecule has 0 saturated heterocycles. The van der Waals surface area contributed by atoms with Crippen molar-refractivity contribution >= 4 is 99.2 Å². The van der Waals surface area contributed by atoms with Crippen LogP contribution in [0.4, 0.5) is 8.78 Å². The normalized spacial score (nSPS) is 12.2. The molecule has 0 spiro atoms. The second-order valence-electron chi connectivity index (χ2n) is 24.9. The SMILES string of the molecule is CCCCCCCCC(CCCCCCCC)Cc1ccc(-c2c3cc(-c4ccc(-c5c(F)c(F)c(-c6ccc(C)s6)c6nn(CCCCCCCC)nc56)s4)sc3c(-c3ccc(CC(CCCCCC)CCCCCC)s3)c3cc(C)sc23)s1. The lowest BCUT2D eigenvalue weighted by molar-refractivity contribution is 0.402. The van der Waals surface area contributed by atoms with Crippen LogP contribution in [0.25, 0.3) is 82.7 Å². The first-order valence-electron chi connectivity index (χ1n) is 33.7. The van der Waals surface area contributed by atoms with Crippen molar-refractivity contribution in [1.29, 1.82) is 0 Å². The molecule has 2 aromatic carbocycles. The maximum atomic E-state index is 17.2. The molecular weight excluding hydrogens is 1160 g/mol. The predicted molar refractivity (Wildman–Crippen MR) is 378 cm³/mol. The number of aryl methyl sites for hydroxylation is 3. The molecule has 0 bridgehead atoms. The van der Waals surface area contributed by atoms with Gasteiger partial charge in [0.1, 0.15) is 11.0 Å². The molecule has 7 aromatic heterocycles. The van der Waals surface area contributed by atoms with Gasteiger partial charge in [-0.25, -0.2) is 8.78 Å². The van der Waals surface area contributed by atoms with Gasteiger partial charge in [0.15, 0.2) is 11.6 Å². The van der Waals surface area contributed by atoms with Crippen LogP contribution in [-0.2, 0) is 19.4 Å². The van der Waals surface area contributed by atoms with Gasteiger partial charge in [-0.05, 0) is 106 Å². The summed E-state index contributed by atoms with van der Waals surface area (Å²) in [6.07, 6.45) is 41.2. The van der Waals surface area contributed by atoms with E-state index in [9.17, 15) is 0 Å². The third-order valence-corrected chi connectivity index (χ3v) is 24.6. The minimum absolute atomic E-state index is 0.214. The molecule has 0 aliphatic carbocycles. The number of halogens is 2. The fraction of sp³-hybridized carbons (Fsp3) is 0.568. The predicted octanol–water partition coefficient (Wildman–Crippen LogP) is 27.5. The van der Waals surface area contributed by atoms with Crippen molar-refractivity contribution < 1.29 is 8.78 Å². The third kappa shape index (κ3) is 17.4. The van der Waals surface area contributed by atoms with Crippen LogP contribution in [-0.4, -0.2) is 15.0 Å². The summed E-state index contributed by atoms with van der Waals surface area (Å²) in [7, 11) is 0. The number of fused-ring (bicyclic) bond motifs is 3. The number of unbranched alkanes of at least 4 members (excludes halogenated alkanes) is 21. The Morgan fingerprint density at radius 3 is 1.24 bits per heavy atom. The molecule has 0 amide bonds. The molecular formula is C74H99F2N3S6. The molecule has 0 radical (unpaired) electrons. The van der Waals surface area contributed by atoms with E-state index in [-0.39, 0.29) is 11.1 Å². The van der Waals surface area contributed by atoms with E-state index >= 15 is 8.78 Å². The largest absolute Gasteiger partial charge is 0.203 e. The molecule has 9 aromatic rings. The van der Waals surface area contributed by atoms with E-state index in [4.69, 9.17) is 10.2 Å². The molecule has 0 fully saturated rings. The minimum atomic E-state index is -0.850. The summed E-state index contributed by atoms with van der Waals surface area (Å²) in [6.45, 7) is 16.4. The molecule has 9 rings (SSSR count). The van der Waals surface area contributed by atoms with Crippen LogP contribution in [0.1, 0.15) is 247 Å². The van der Waals surface area contributed by atoms with Gasteiger partial charge in [0.2, 0.25) is 0 Å². The maximum Gasteiger partial charge on any atom is 0.170 e. The van der Waals surface area contributed by atoms with Crippen molar-refractivity contribution in [3.05, 3.63) is 91.8 Å². The molecule has 0 aliphatic rings. The van der Waals surface area contributed by atoms with Crippen molar-refractivity contribution in [2.75, 3.05) is 0 Å². The van der Waals surface area contributed by atoms with Gasteiger partial charge in [-0.15, -0.1) is 68.0 Å². The summed E-state index contributed by atoms with van der Waals surface area (Å²) in [4.78, 5) is 13.4. The van der Waals surface area contributed by atoms with Crippen LogP contribution < -0.4 is 0 Å². The molecule has 7 heterocycles. The second kappa shape index (κ2) is 33.8. The quantitative estimate of drug-likeness (QED) is 0.0358. The summed E-state index contributed by atoms with van der Waals surface area (Å²) in [6, 6.07) is 22.7. The first-order valence-corrected chi connectivity index (χ1v) is 38.6. The summed E-state index contributed by atoms with van der Waals surface area (Å²) in [5.41, 5.74) is 4.02. The average molecular weight is 1260 g/mol. The highest BCUT2D eigenvalue weighted by molar-refractivity contribution is 7.28. The Hall–Kier alpha value is -3.58. The first-order chi connectivity index (χ1) is 41.6. The summed E-state index contributed by atoms with van der Waals surface area (Å²) >= 11 is 10.9. The zero-order valence-electron chi connectivity index (χ0n) is 52.8. The lowest BCUT2D eigenvalue weighted by Gasteiger charge is -2.16. The summed E-state index contributed by atoms with van der Waals surface area (Å²) in [5.74, 6) is -0.259. The fourth-order valence-electron chi connectivity index (χ4n) is 13.0. The van der Waals surface area contributed by atoms with E-state index in [0.717, 1.165) is 52.2 Å². The van der Waals surface area contributed by atoms with Gasteiger partial charge in [-0.1, -0.05) is 221 Å². The maximum absolute atomic E-state index is 17.2. The van der Waals surface area contributed by atoms with Gasteiger partial charge in [-0.3, -0.25) is 0 Å². The van der Waals surface area contributed by atoms with Crippen LogP contribution >= 0.6 is 68.0 Å². The Balaban J connectivity index is 1.11. The number of hydrogen-bond donors (Lipinski definition) is 0. The van der Waals surface area contributed by atoms with Crippen LogP contribution in [0.2, 0.25) is 0 Å². The minimum Gasteiger partial charge on any atom is -0.203 e. The van der Waals surface area contributed by atoms with E-state index in [1.807, 2.05) is 70.5 Å². The molecule has 11 heteroatoms. The zero-order chi connectivity index (χ0) is 59.5. The van der Waals surface area contributed by atoms with Crippen molar-refractivity contribution in [1.82, 2.24) is 15.0 Å². The van der Waals surface area contributed by atoms with Gasteiger partial charge in [0.25, 0.3) is 0 Å². The van der Waals surface area contributed by atoms with E-state index in [2.05, 4.69) is 84.0 Å². The summed E-state index contributed by atoms with van der Waals surface area (Å²) < 4.78 is 36.8. The average Bonchev–Trinajstić information content (AvgIpc) is 1.93. The topological polar surface area (TPSA) is 30.7 Å². The molecule has 0 N–H and O–H groups in total. The molecule has 460 valence electrons. The highest BCUT2D eigenvalue weighted by Gasteiger charge is 2.29. The van der Waals surface area contributed by atoms with Crippen LogP contribution in [0.3, 0.4) is 0 Å². The summed E-state index contributed by atoms with van der Waals surface area (Å²) in [5, 5.41) is 12.6. The van der Waals surface area contributed by atoms with Gasteiger partial charge in [0.05, 0.1) is 17.7 Å². The molecule has 85 heavy (non-hydrogen) atoms. The molecule has 0 unspecified atom stereocenters. The van der Waals surface area contributed by atoms with Gasteiger partial charge < -0.3 is 0 Å². The highest BCUT2D eigenvalue weighted by atomic mass is 32.1. The number of hydrogen-bond acceptors (Lipinski definition) is 8. The molecule has 3 nitrogen and oxygen atoms in total. The third-order valence-electron chi connectivity index (χ3n) is 17.8. The smallest absolute Gasteiger partial charge is 0.170 e. The van der Waals surface area contributed by atoms with Gasteiger partial charge >= 0.3 is 0 Å². The van der Waals surface area contributed by atoms with Crippen LogP contribution in [0.15, 0.2) is 60.7 Å². The van der Waals surface area contributed by atoms with E-state index in [1.165, 1.54) is 247 Å². The Labute approximate surface area is 534 Å². The van der Waals surface area contributed by atoms with Crippen LogP contribution in [0, 0.1) is 37.3 Å². The van der Waals surface area contributed by atoms with Crippen molar-refractivity contribution in [3.8, 4) is 51.5 Å². The van der Waals surface area contributed by atoms with Crippen molar-refractivity contribution in [2.45, 2.75) is 260 Å². The second-order valence-corrected chi connectivity index (χ2v) is 31.9. The number of thiophene rings is 6. The van der Waals surface area contributed by atoms with E-state index in [1.54, 1.807) is 16.1 Å². The lowest BCUT2D eigenvalue weighted by Crippen LogP contribution is -2.04. The highest BCUT2D eigenvalue weighted by Crippen LogP contribution is 2.54. The fourth-order valence-corrected chi connectivity index (χ4v) is 19.9. The number of benzene rings is 2. The Bertz CT molecular complexity index is 3420. The van der Waals surface area contributed by atoms with E-state index in [0.29, 0.717) is 27.3 Å². The Kier molecular flexibility index (Phi) is 26.2. The molecule has 0 atom stereocenters. The zero-order valence-corrected chi connectivity index (χ0v) is 57.7. The lowest BCUT2D eigenvalue weighted by atomic mass is 9.91. The molecule has 0 saturated carbocycles. The Morgan fingerprint density at radius 1 is 0.365 bits per heavy atom. The van der Waals surface area contributed by atoms with Crippen molar-refractivity contribution in [3.63, 3.8) is 0 Å². The van der Waals surface area contributed by atoms with Crippen molar-refractivity contribution in [2.24, 2.45) is 11.8 Å². The van der Waals surface area contributed by atoms with E-state index < -0.39 is 11.6 Å². The first kappa shape index (κ1) is 65.9. The van der Waals surface area contributed by atoms with Crippen LogP contribution in [0.5, 0.6) is 0 Å². The van der Waals surface area contributed by atoms with Gasteiger partial charge in [-0.2, -0.15) is 15.0 Å². The number of aromatic nitrogens is 3. The molecule has 0 aliphatic heterocycles. The number of nitrogens with zero attached hydrogens (tertiary/aromatic N) is 3. The van der Waals surface area contributed by atoms with Gasteiger partial charge in [0, 0.05) is 80.1 Å². The Morgan fingerprint density at radius 2 is 0.753 bits per heavy atom. The number of rotatable bonds is 40. The standard InChI is InChI=1S/C74H99F2N3S6/c1-8-13-18-23-26-31-36-54(37-32-27-24-19-14-9-2)49-56-40-43-61(83-56)66-58-50-64(85-74(58)65(57-47-52(7)81-73(57)66)60-42-39-55(82-60)48-53(34-29-21-16-11-4)35-30-22-17-12-5)59-44-45-63(84-59)68-70(76)69(75)67(62-41-38-51(6)80-62)71-72(68)78-79(77-71)46-33-28-25-20-15-10-3/h38-45,47,50,53-54H,8-37,46,48-49H2,1-7H3.